The largest absolute Gasteiger partial charge is 0.392 e. The summed E-state index contributed by atoms with van der Waals surface area (Å²) < 4.78 is 1.23. The number of benzene rings is 1. The van der Waals surface area contributed by atoms with Gasteiger partial charge in [-0.2, -0.15) is 0 Å². The Hall–Kier alpha value is 0.127. The molecule has 0 spiro atoms. The molecule has 0 saturated carbocycles. The zero-order valence-corrected chi connectivity index (χ0v) is 9.84. The molecule has 0 fully saturated rings. The topological polar surface area (TPSA) is 20.2 Å². The van der Waals surface area contributed by atoms with Gasteiger partial charge in [-0.25, -0.2) is 0 Å². The standard InChI is InChI=1S/C9H10IOSi/c10-9-5-7(6-11)1-2-8(9)3-4-12/h1-2,5,11H,3-4,6H2. The molecule has 3 heteroatoms. The van der Waals surface area contributed by atoms with E-state index in [2.05, 4.69) is 38.9 Å². The third-order valence-corrected chi connectivity index (χ3v) is 2.95. The van der Waals surface area contributed by atoms with Gasteiger partial charge in [0, 0.05) is 13.8 Å². The molecule has 0 atom stereocenters. The quantitative estimate of drug-likeness (QED) is 0.666. The van der Waals surface area contributed by atoms with Crippen molar-refractivity contribution in [3.05, 3.63) is 32.9 Å². The Morgan fingerprint density at radius 1 is 1.42 bits per heavy atom. The third-order valence-electron chi connectivity index (χ3n) is 1.69. The second kappa shape index (κ2) is 4.99. The van der Waals surface area contributed by atoms with Crippen LogP contribution >= 0.6 is 22.6 Å². The Balaban J connectivity index is 2.87. The van der Waals surface area contributed by atoms with Gasteiger partial charge in [-0.05, 0) is 46.2 Å². The van der Waals surface area contributed by atoms with Crippen molar-refractivity contribution in [1.82, 2.24) is 0 Å². The van der Waals surface area contributed by atoms with Gasteiger partial charge in [-0.15, -0.1) is 0 Å². The predicted molar refractivity (Wildman–Crippen MR) is 59.3 cm³/mol. The van der Waals surface area contributed by atoms with Crippen LogP contribution in [0.4, 0.5) is 0 Å². The van der Waals surface area contributed by atoms with E-state index in [1.165, 1.54) is 9.13 Å². The molecule has 0 bridgehead atoms. The summed E-state index contributed by atoms with van der Waals surface area (Å²) >= 11 is 2.30. The fourth-order valence-corrected chi connectivity index (χ4v) is 2.15. The zero-order chi connectivity index (χ0) is 8.97. The molecular formula is C9H10IOSi. The fraction of sp³-hybridized carbons (Fsp3) is 0.333. The lowest BCUT2D eigenvalue weighted by molar-refractivity contribution is 0.281. The van der Waals surface area contributed by atoms with Gasteiger partial charge in [0.15, 0.2) is 0 Å². The van der Waals surface area contributed by atoms with Crippen molar-refractivity contribution in [3.8, 4) is 0 Å². The van der Waals surface area contributed by atoms with Crippen LogP contribution in [0.25, 0.3) is 0 Å². The molecule has 0 aromatic heterocycles. The summed E-state index contributed by atoms with van der Waals surface area (Å²) in [5.41, 5.74) is 2.32. The van der Waals surface area contributed by atoms with Crippen LogP contribution in [0.15, 0.2) is 18.2 Å². The van der Waals surface area contributed by atoms with E-state index in [0.29, 0.717) is 0 Å². The van der Waals surface area contributed by atoms with Crippen molar-refractivity contribution in [2.75, 3.05) is 0 Å². The summed E-state index contributed by atoms with van der Waals surface area (Å²) in [7, 11) is 3.45. The molecule has 1 rings (SSSR count). The molecule has 1 aromatic carbocycles. The minimum atomic E-state index is 0.129. The lowest BCUT2D eigenvalue weighted by atomic mass is 10.1. The highest BCUT2D eigenvalue weighted by atomic mass is 127. The van der Waals surface area contributed by atoms with Gasteiger partial charge >= 0.3 is 0 Å². The van der Waals surface area contributed by atoms with Gasteiger partial charge in [0.25, 0.3) is 0 Å². The number of aliphatic hydroxyl groups is 1. The Morgan fingerprint density at radius 2 is 2.17 bits per heavy atom. The third kappa shape index (κ3) is 2.57. The van der Waals surface area contributed by atoms with E-state index >= 15 is 0 Å². The molecule has 0 amide bonds. The van der Waals surface area contributed by atoms with E-state index in [9.17, 15) is 0 Å². The minimum Gasteiger partial charge on any atom is -0.392 e. The molecule has 1 nitrogen and oxygen atoms in total. The number of aliphatic hydroxyl groups excluding tert-OH is 1. The van der Waals surface area contributed by atoms with Gasteiger partial charge in [-0.3, -0.25) is 0 Å². The van der Waals surface area contributed by atoms with Crippen LogP contribution in [0, 0.1) is 3.57 Å². The van der Waals surface area contributed by atoms with Crippen LogP contribution < -0.4 is 0 Å². The van der Waals surface area contributed by atoms with Crippen LogP contribution in [-0.2, 0) is 13.0 Å². The lowest BCUT2D eigenvalue weighted by Crippen LogP contribution is -1.91. The molecule has 63 valence electrons. The molecule has 0 aliphatic rings. The van der Waals surface area contributed by atoms with E-state index in [4.69, 9.17) is 5.11 Å². The molecule has 1 aromatic rings. The summed E-state index contributed by atoms with van der Waals surface area (Å²) in [5, 5.41) is 8.87. The van der Waals surface area contributed by atoms with E-state index < -0.39 is 0 Å². The highest BCUT2D eigenvalue weighted by molar-refractivity contribution is 14.1. The number of aryl methyl sites for hydroxylation is 1. The summed E-state index contributed by atoms with van der Waals surface area (Å²) in [4.78, 5) is 0. The number of rotatable bonds is 3. The van der Waals surface area contributed by atoms with E-state index in [-0.39, 0.29) is 6.61 Å². The van der Waals surface area contributed by atoms with Crippen LogP contribution in [-0.4, -0.2) is 15.3 Å². The lowest BCUT2D eigenvalue weighted by Gasteiger charge is -2.04. The highest BCUT2D eigenvalue weighted by Gasteiger charge is 1.99. The van der Waals surface area contributed by atoms with E-state index in [0.717, 1.165) is 18.0 Å². The predicted octanol–water partition coefficient (Wildman–Crippen LogP) is 1.91. The van der Waals surface area contributed by atoms with E-state index in [1.807, 2.05) is 12.1 Å². The average molecular weight is 289 g/mol. The van der Waals surface area contributed by atoms with Gasteiger partial charge in [0.1, 0.15) is 0 Å². The summed E-state index contributed by atoms with van der Waals surface area (Å²) in [6.07, 6.45) is 1.04. The molecule has 0 heterocycles. The molecule has 0 saturated heterocycles. The Kier molecular flexibility index (Phi) is 4.24. The first kappa shape index (κ1) is 10.2. The molecule has 0 aliphatic heterocycles. The number of hydrogen-bond acceptors (Lipinski definition) is 1. The molecule has 1 N–H and O–H groups in total. The van der Waals surface area contributed by atoms with Crippen molar-refractivity contribution in [3.63, 3.8) is 0 Å². The second-order valence-electron chi connectivity index (χ2n) is 2.58. The van der Waals surface area contributed by atoms with Gasteiger partial charge < -0.3 is 5.11 Å². The van der Waals surface area contributed by atoms with Gasteiger partial charge in [0.2, 0.25) is 0 Å². The van der Waals surface area contributed by atoms with Crippen LogP contribution in [0.3, 0.4) is 0 Å². The van der Waals surface area contributed by atoms with Crippen molar-refractivity contribution < 1.29 is 5.11 Å². The first-order chi connectivity index (χ1) is 5.77. The number of halogens is 1. The molecular weight excluding hydrogens is 279 g/mol. The zero-order valence-electron chi connectivity index (χ0n) is 6.68. The Bertz CT molecular complexity index is 263. The summed E-state index contributed by atoms with van der Waals surface area (Å²) in [5.74, 6) is 0. The minimum absolute atomic E-state index is 0.129. The van der Waals surface area contributed by atoms with Crippen molar-refractivity contribution in [2.24, 2.45) is 0 Å². The molecule has 0 unspecified atom stereocenters. The molecule has 12 heavy (non-hydrogen) atoms. The summed E-state index contributed by atoms with van der Waals surface area (Å²) in [6.45, 7) is 0.129. The summed E-state index contributed by atoms with van der Waals surface area (Å²) in [6, 6.07) is 7.05. The monoisotopic (exact) mass is 289 g/mol. The Labute approximate surface area is 89.8 Å². The average Bonchev–Trinajstić information content (AvgIpc) is 2.09. The van der Waals surface area contributed by atoms with Crippen LogP contribution in [0.5, 0.6) is 0 Å². The first-order valence-corrected chi connectivity index (χ1v) is 5.59. The van der Waals surface area contributed by atoms with Crippen molar-refractivity contribution in [2.45, 2.75) is 19.1 Å². The Morgan fingerprint density at radius 3 is 2.67 bits per heavy atom. The second-order valence-corrected chi connectivity index (χ2v) is 4.25. The SMILES string of the molecule is OCc1ccc(CC[Si])c(I)c1. The maximum Gasteiger partial charge on any atom is 0.0682 e. The van der Waals surface area contributed by atoms with Crippen molar-refractivity contribution >= 4 is 32.8 Å². The number of hydrogen-bond donors (Lipinski definition) is 1. The normalized spacial score (nSPS) is 10.2. The molecule has 0 aliphatic carbocycles. The molecule has 3 radical (unpaired) electrons. The van der Waals surface area contributed by atoms with Crippen LogP contribution in [0.1, 0.15) is 11.1 Å². The van der Waals surface area contributed by atoms with Gasteiger partial charge in [-0.1, -0.05) is 18.2 Å². The van der Waals surface area contributed by atoms with E-state index in [1.54, 1.807) is 0 Å². The smallest absolute Gasteiger partial charge is 0.0682 e. The fourth-order valence-electron chi connectivity index (χ4n) is 1.03. The van der Waals surface area contributed by atoms with Crippen molar-refractivity contribution in [1.29, 1.82) is 0 Å². The first-order valence-electron chi connectivity index (χ1n) is 3.80. The van der Waals surface area contributed by atoms with Gasteiger partial charge in [0.05, 0.1) is 6.61 Å². The van der Waals surface area contributed by atoms with Crippen LogP contribution in [0.2, 0.25) is 6.04 Å². The maximum absolute atomic E-state index is 8.87. The highest BCUT2D eigenvalue weighted by Crippen LogP contribution is 2.15. The maximum atomic E-state index is 8.87.